The van der Waals surface area contributed by atoms with Crippen LogP contribution >= 0.6 is 47.8 Å². The molecule has 0 N–H and O–H groups in total. The number of hydrogen-bond donors (Lipinski definition) is 0. The lowest BCUT2D eigenvalue weighted by Gasteiger charge is -2.15. The Hall–Kier alpha value is -0.930. The zero-order valence-electron chi connectivity index (χ0n) is 11.1. The number of rotatable bonds is 3. The molecule has 0 aliphatic carbocycles. The predicted octanol–water partition coefficient (Wildman–Crippen LogP) is 3.33. The summed E-state index contributed by atoms with van der Waals surface area (Å²) >= 11 is 9.47. The summed E-state index contributed by atoms with van der Waals surface area (Å²) < 4.78 is 14.4. The molecule has 1 aromatic rings. The molecule has 0 heterocycles. The number of carbonyl (C=O) groups excluding carboxylic acids is 3. The van der Waals surface area contributed by atoms with Crippen molar-refractivity contribution in [1.82, 2.24) is 0 Å². The normalized spacial score (nSPS) is 10.0. The van der Waals surface area contributed by atoms with Crippen molar-refractivity contribution in [1.29, 1.82) is 0 Å². The maximum Gasteiger partial charge on any atom is 0.340 e. The fourth-order valence-corrected chi connectivity index (χ4v) is 4.47. The molecule has 0 amide bonds. The van der Waals surface area contributed by atoms with E-state index in [1.54, 1.807) is 0 Å². The van der Waals surface area contributed by atoms with Crippen LogP contribution in [0, 0.1) is 0 Å². The number of methoxy groups -OCH3 is 3. The highest BCUT2D eigenvalue weighted by Crippen LogP contribution is 2.39. The van der Waals surface area contributed by atoms with E-state index in [9.17, 15) is 14.4 Å². The number of ether oxygens (including phenoxy) is 3. The van der Waals surface area contributed by atoms with Crippen LogP contribution in [0.15, 0.2) is 13.4 Å². The lowest BCUT2D eigenvalue weighted by molar-refractivity contribution is 0.0593. The van der Waals surface area contributed by atoms with Crippen molar-refractivity contribution in [3.63, 3.8) is 0 Å². The number of hydrogen-bond acceptors (Lipinski definition) is 6. The first-order chi connectivity index (χ1) is 9.81. The molecule has 0 radical (unpaired) electrons. The highest BCUT2D eigenvalue weighted by Gasteiger charge is 2.31. The minimum Gasteiger partial charge on any atom is -0.465 e. The third-order valence-electron chi connectivity index (χ3n) is 2.49. The lowest BCUT2D eigenvalue weighted by atomic mass is 10.1. The number of carbonyl (C=O) groups is 3. The van der Waals surface area contributed by atoms with Gasteiger partial charge in [-0.2, -0.15) is 0 Å². The number of halogens is 3. The molecular formula is C12H9Br3O6. The van der Waals surface area contributed by atoms with Gasteiger partial charge in [0.15, 0.2) is 0 Å². The molecule has 0 saturated heterocycles. The third-order valence-corrected chi connectivity index (χ3v) is 4.86. The van der Waals surface area contributed by atoms with Crippen molar-refractivity contribution in [3.05, 3.63) is 30.1 Å². The first kappa shape index (κ1) is 18.1. The zero-order valence-corrected chi connectivity index (χ0v) is 15.8. The molecule has 0 saturated carbocycles. The van der Waals surface area contributed by atoms with Gasteiger partial charge in [-0.25, -0.2) is 14.4 Å². The lowest BCUT2D eigenvalue weighted by Crippen LogP contribution is -2.16. The van der Waals surface area contributed by atoms with Crippen molar-refractivity contribution >= 4 is 65.7 Å². The summed E-state index contributed by atoms with van der Waals surface area (Å²) in [6.45, 7) is 0. The zero-order chi connectivity index (χ0) is 16.3. The van der Waals surface area contributed by atoms with E-state index in [1.807, 2.05) is 0 Å². The van der Waals surface area contributed by atoms with Gasteiger partial charge in [0.05, 0.1) is 38.0 Å². The summed E-state index contributed by atoms with van der Waals surface area (Å²) in [4.78, 5) is 35.7. The van der Waals surface area contributed by atoms with Crippen LogP contribution in [0.3, 0.4) is 0 Å². The van der Waals surface area contributed by atoms with E-state index in [-0.39, 0.29) is 30.1 Å². The standard InChI is InChI=1S/C12H9Br3O6/c1-19-10(16)4-7(13)5(11(17)20-2)9(15)6(8(4)14)12(18)21-3/h1-3H3. The predicted molar refractivity (Wildman–Crippen MR) is 83.6 cm³/mol. The fraction of sp³-hybridized carbons (Fsp3) is 0.250. The van der Waals surface area contributed by atoms with Gasteiger partial charge in [-0.3, -0.25) is 0 Å². The molecule has 0 bridgehead atoms. The highest BCUT2D eigenvalue weighted by atomic mass is 79.9. The van der Waals surface area contributed by atoms with E-state index in [1.165, 1.54) is 21.3 Å². The maximum atomic E-state index is 11.9. The minimum atomic E-state index is -0.739. The molecule has 6 nitrogen and oxygen atoms in total. The molecule has 0 atom stereocenters. The first-order valence-electron chi connectivity index (χ1n) is 5.27. The summed E-state index contributed by atoms with van der Waals surface area (Å²) in [5, 5.41) is 0. The second kappa shape index (κ2) is 7.37. The van der Waals surface area contributed by atoms with E-state index in [0.717, 1.165) is 0 Å². The topological polar surface area (TPSA) is 78.9 Å². The van der Waals surface area contributed by atoms with Crippen LogP contribution in [0.5, 0.6) is 0 Å². The molecule has 0 aromatic heterocycles. The summed E-state index contributed by atoms with van der Waals surface area (Å²) in [7, 11) is 3.54. The van der Waals surface area contributed by atoms with Crippen LogP contribution < -0.4 is 0 Å². The van der Waals surface area contributed by atoms with E-state index in [0.29, 0.717) is 0 Å². The van der Waals surface area contributed by atoms with Crippen molar-refractivity contribution < 1.29 is 28.6 Å². The van der Waals surface area contributed by atoms with Gasteiger partial charge in [0.1, 0.15) is 0 Å². The van der Waals surface area contributed by atoms with E-state index >= 15 is 0 Å². The molecule has 0 unspecified atom stereocenters. The number of benzene rings is 1. The molecule has 1 aromatic carbocycles. The van der Waals surface area contributed by atoms with Gasteiger partial charge in [-0.15, -0.1) is 0 Å². The van der Waals surface area contributed by atoms with Crippen LogP contribution in [0.4, 0.5) is 0 Å². The summed E-state index contributed by atoms with van der Waals surface area (Å²) in [6.07, 6.45) is 0. The SMILES string of the molecule is COC(=O)c1c(Br)c(C(=O)OC)c(Br)c(C(=O)OC)c1Br. The van der Waals surface area contributed by atoms with Gasteiger partial charge in [0.25, 0.3) is 0 Å². The van der Waals surface area contributed by atoms with Crippen molar-refractivity contribution in [3.8, 4) is 0 Å². The van der Waals surface area contributed by atoms with Gasteiger partial charge in [-0.05, 0) is 47.8 Å². The monoisotopic (exact) mass is 486 g/mol. The Morgan fingerprint density at radius 1 is 0.619 bits per heavy atom. The molecule has 1 rings (SSSR count). The quantitative estimate of drug-likeness (QED) is 0.479. The molecule has 0 fully saturated rings. The van der Waals surface area contributed by atoms with Gasteiger partial charge in [0, 0.05) is 13.4 Å². The van der Waals surface area contributed by atoms with Crippen LogP contribution in [-0.4, -0.2) is 39.2 Å². The van der Waals surface area contributed by atoms with Crippen molar-refractivity contribution in [2.45, 2.75) is 0 Å². The van der Waals surface area contributed by atoms with Gasteiger partial charge in [-0.1, -0.05) is 0 Å². The van der Waals surface area contributed by atoms with Crippen molar-refractivity contribution in [2.24, 2.45) is 0 Å². The van der Waals surface area contributed by atoms with Gasteiger partial charge >= 0.3 is 17.9 Å². The Labute approximate surface area is 145 Å². The number of esters is 3. The highest BCUT2D eigenvalue weighted by molar-refractivity contribution is 9.11. The average molecular weight is 489 g/mol. The summed E-state index contributed by atoms with van der Waals surface area (Å²) in [5.74, 6) is -2.22. The summed E-state index contributed by atoms with van der Waals surface area (Å²) in [6, 6.07) is 0. The molecule has 114 valence electrons. The second-order valence-electron chi connectivity index (χ2n) is 3.54. The fourth-order valence-electron chi connectivity index (χ4n) is 1.51. The molecule has 21 heavy (non-hydrogen) atoms. The van der Waals surface area contributed by atoms with Crippen LogP contribution in [-0.2, 0) is 14.2 Å². The Balaban J connectivity index is 3.87. The molecule has 0 aliphatic rings. The van der Waals surface area contributed by atoms with Crippen LogP contribution in [0.25, 0.3) is 0 Å². The first-order valence-corrected chi connectivity index (χ1v) is 7.65. The largest absolute Gasteiger partial charge is 0.465 e. The Morgan fingerprint density at radius 3 is 0.952 bits per heavy atom. The van der Waals surface area contributed by atoms with Gasteiger partial charge < -0.3 is 14.2 Å². The Bertz CT molecular complexity index is 519. The molecule has 9 heteroatoms. The second-order valence-corrected chi connectivity index (χ2v) is 5.92. The van der Waals surface area contributed by atoms with Crippen LogP contribution in [0.2, 0.25) is 0 Å². The van der Waals surface area contributed by atoms with Crippen LogP contribution in [0.1, 0.15) is 31.1 Å². The molecule has 0 aliphatic heterocycles. The van der Waals surface area contributed by atoms with E-state index in [2.05, 4.69) is 62.0 Å². The Morgan fingerprint density at radius 2 is 0.810 bits per heavy atom. The van der Waals surface area contributed by atoms with Gasteiger partial charge in [0.2, 0.25) is 0 Å². The molecular weight excluding hydrogens is 480 g/mol. The minimum absolute atomic E-state index is 0.0264. The third kappa shape index (κ3) is 3.29. The Kier molecular flexibility index (Phi) is 6.36. The smallest absolute Gasteiger partial charge is 0.340 e. The van der Waals surface area contributed by atoms with Crippen molar-refractivity contribution in [2.75, 3.05) is 21.3 Å². The van der Waals surface area contributed by atoms with E-state index < -0.39 is 17.9 Å². The average Bonchev–Trinajstić information content (AvgIpc) is 2.46. The molecule has 0 spiro atoms. The summed E-state index contributed by atoms with van der Waals surface area (Å²) in [5.41, 5.74) is -0.0792. The van der Waals surface area contributed by atoms with E-state index in [4.69, 9.17) is 0 Å². The maximum absolute atomic E-state index is 11.9.